The number of aromatic nitrogens is 4. The highest BCUT2D eigenvalue weighted by atomic mass is 79.9. The SMILES string of the molecule is COc1cc(CNc2nn[nH]n2)cc(Br)c1OCc1ccc(Cl)c(Cl)c1. The van der Waals surface area contributed by atoms with Crippen LogP contribution in [0.2, 0.25) is 10.0 Å². The lowest BCUT2D eigenvalue weighted by atomic mass is 10.2. The summed E-state index contributed by atoms with van der Waals surface area (Å²) in [6.45, 7) is 0.827. The van der Waals surface area contributed by atoms with Crippen LogP contribution in [0.15, 0.2) is 34.8 Å². The van der Waals surface area contributed by atoms with Gasteiger partial charge in [-0.25, -0.2) is 0 Å². The van der Waals surface area contributed by atoms with Gasteiger partial charge in [0.1, 0.15) is 6.61 Å². The Morgan fingerprint density at radius 3 is 2.69 bits per heavy atom. The van der Waals surface area contributed by atoms with E-state index in [9.17, 15) is 0 Å². The average Bonchev–Trinajstić information content (AvgIpc) is 3.15. The van der Waals surface area contributed by atoms with E-state index >= 15 is 0 Å². The van der Waals surface area contributed by atoms with E-state index in [1.165, 1.54) is 0 Å². The maximum atomic E-state index is 6.04. The van der Waals surface area contributed by atoms with Crippen molar-refractivity contribution in [1.29, 1.82) is 0 Å². The summed E-state index contributed by atoms with van der Waals surface area (Å²) in [5.41, 5.74) is 1.86. The highest BCUT2D eigenvalue weighted by Crippen LogP contribution is 2.37. The van der Waals surface area contributed by atoms with Crippen molar-refractivity contribution in [3.8, 4) is 11.5 Å². The molecule has 3 rings (SSSR count). The van der Waals surface area contributed by atoms with E-state index < -0.39 is 0 Å². The molecule has 0 aliphatic carbocycles. The van der Waals surface area contributed by atoms with Gasteiger partial charge in [-0.05, 0) is 56.5 Å². The molecule has 0 spiro atoms. The van der Waals surface area contributed by atoms with E-state index in [4.69, 9.17) is 32.7 Å². The van der Waals surface area contributed by atoms with Crippen LogP contribution in [0, 0.1) is 0 Å². The Kier molecular flexibility index (Phi) is 6.18. The Morgan fingerprint density at radius 2 is 2.00 bits per heavy atom. The van der Waals surface area contributed by atoms with Gasteiger partial charge < -0.3 is 14.8 Å². The van der Waals surface area contributed by atoms with Crippen molar-refractivity contribution in [1.82, 2.24) is 20.6 Å². The number of halogens is 3. The van der Waals surface area contributed by atoms with Crippen LogP contribution in [0.4, 0.5) is 5.95 Å². The standard InChI is InChI=1S/C16H14BrCl2N5O2/c1-25-14-6-10(7-20-16-21-23-24-22-16)4-11(17)15(14)26-8-9-2-3-12(18)13(19)5-9/h2-6H,7-8H2,1H3,(H2,20,21,22,23,24). The fourth-order valence-corrected chi connectivity index (χ4v) is 3.14. The van der Waals surface area contributed by atoms with Crippen LogP contribution in [0.5, 0.6) is 11.5 Å². The Morgan fingerprint density at radius 1 is 1.15 bits per heavy atom. The van der Waals surface area contributed by atoms with Gasteiger partial charge in [0.25, 0.3) is 5.95 Å². The number of benzene rings is 2. The highest BCUT2D eigenvalue weighted by Gasteiger charge is 2.13. The predicted molar refractivity (Wildman–Crippen MR) is 103 cm³/mol. The molecule has 0 aliphatic heterocycles. The van der Waals surface area contributed by atoms with Crippen LogP contribution in [0.1, 0.15) is 11.1 Å². The summed E-state index contributed by atoms with van der Waals surface area (Å²) in [6.07, 6.45) is 0. The van der Waals surface area contributed by atoms with Crippen LogP contribution in [-0.2, 0) is 13.2 Å². The fourth-order valence-electron chi connectivity index (χ4n) is 2.22. The zero-order chi connectivity index (χ0) is 18.5. The molecule has 0 bridgehead atoms. The zero-order valence-electron chi connectivity index (χ0n) is 13.6. The van der Waals surface area contributed by atoms with Gasteiger partial charge in [0, 0.05) is 6.54 Å². The smallest absolute Gasteiger partial charge is 0.263 e. The number of anilines is 1. The third-order valence-electron chi connectivity index (χ3n) is 3.45. The summed E-state index contributed by atoms with van der Waals surface area (Å²) in [5.74, 6) is 1.62. The first-order chi connectivity index (χ1) is 12.6. The van der Waals surface area contributed by atoms with Crippen LogP contribution >= 0.6 is 39.1 Å². The lowest BCUT2D eigenvalue weighted by Gasteiger charge is -2.15. The number of methoxy groups -OCH3 is 1. The van der Waals surface area contributed by atoms with Gasteiger partial charge in [-0.2, -0.15) is 5.21 Å². The maximum absolute atomic E-state index is 6.04. The molecule has 3 aromatic rings. The molecule has 0 radical (unpaired) electrons. The lowest BCUT2D eigenvalue weighted by Crippen LogP contribution is -2.03. The second-order valence-electron chi connectivity index (χ2n) is 5.24. The van der Waals surface area contributed by atoms with E-state index in [0.717, 1.165) is 15.6 Å². The minimum Gasteiger partial charge on any atom is -0.493 e. The van der Waals surface area contributed by atoms with E-state index in [1.807, 2.05) is 18.2 Å². The summed E-state index contributed by atoms with van der Waals surface area (Å²) >= 11 is 15.5. The Labute approximate surface area is 168 Å². The molecular formula is C16H14BrCl2N5O2. The summed E-state index contributed by atoms with van der Waals surface area (Å²) in [5, 5.41) is 17.6. The Bertz CT molecular complexity index is 893. The molecule has 1 aromatic heterocycles. The lowest BCUT2D eigenvalue weighted by molar-refractivity contribution is 0.282. The molecule has 2 aromatic carbocycles. The van der Waals surface area contributed by atoms with Gasteiger partial charge in [-0.1, -0.05) is 34.4 Å². The molecule has 0 saturated carbocycles. The molecule has 0 saturated heterocycles. The van der Waals surface area contributed by atoms with Crippen molar-refractivity contribution in [2.24, 2.45) is 0 Å². The molecule has 7 nitrogen and oxygen atoms in total. The van der Waals surface area contributed by atoms with E-state index in [0.29, 0.717) is 40.6 Å². The van der Waals surface area contributed by atoms with Gasteiger partial charge in [0.15, 0.2) is 11.5 Å². The predicted octanol–water partition coefficient (Wildman–Crippen LogP) is 4.47. The largest absolute Gasteiger partial charge is 0.493 e. The Balaban J connectivity index is 1.72. The minimum atomic E-state index is 0.326. The number of nitrogens with one attached hydrogen (secondary N) is 2. The molecule has 2 N–H and O–H groups in total. The maximum Gasteiger partial charge on any atom is 0.263 e. The second-order valence-corrected chi connectivity index (χ2v) is 6.90. The van der Waals surface area contributed by atoms with Crippen LogP contribution in [-0.4, -0.2) is 27.7 Å². The molecule has 0 amide bonds. The van der Waals surface area contributed by atoms with Gasteiger partial charge in [0.2, 0.25) is 0 Å². The van der Waals surface area contributed by atoms with Crippen molar-refractivity contribution >= 4 is 45.1 Å². The summed E-state index contributed by atoms with van der Waals surface area (Å²) < 4.78 is 12.1. The van der Waals surface area contributed by atoms with Crippen molar-refractivity contribution in [2.75, 3.05) is 12.4 Å². The number of ether oxygens (including phenoxy) is 2. The van der Waals surface area contributed by atoms with Gasteiger partial charge in [-0.3, -0.25) is 0 Å². The minimum absolute atomic E-state index is 0.326. The van der Waals surface area contributed by atoms with Crippen molar-refractivity contribution in [2.45, 2.75) is 13.2 Å². The zero-order valence-corrected chi connectivity index (χ0v) is 16.7. The van der Waals surface area contributed by atoms with E-state index in [-0.39, 0.29) is 0 Å². The first kappa shape index (κ1) is 18.8. The molecule has 136 valence electrons. The third kappa shape index (κ3) is 4.57. The number of hydrogen-bond acceptors (Lipinski definition) is 6. The van der Waals surface area contributed by atoms with E-state index in [2.05, 4.69) is 41.9 Å². The molecule has 1 heterocycles. The summed E-state index contributed by atoms with van der Waals surface area (Å²) in [6, 6.07) is 9.18. The second kappa shape index (κ2) is 8.57. The number of rotatable bonds is 7. The molecule has 26 heavy (non-hydrogen) atoms. The van der Waals surface area contributed by atoms with Crippen LogP contribution < -0.4 is 14.8 Å². The number of nitrogens with zero attached hydrogens (tertiary/aromatic N) is 3. The fraction of sp³-hybridized carbons (Fsp3) is 0.188. The quantitative estimate of drug-likeness (QED) is 0.543. The van der Waals surface area contributed by atoms with Crippen LogP contribution in [0.25, 0.3) is 0 Å². The monoisotopic (exact) mass is 457 g/mol. The number of hydrogen-bond donors (Lipinski definition) is 2. The molecule has 0 aliphatic rings. The first-order valence-electron chi connectivity index (χ1n) is 7.47. The molecule has 0 fully saturated rings. The van der Waals surface area contributed by atoms with Crippen LogP contribution in [0.3, 0.4) is 0 Å². The number of H-pyrrole nitrogens is 1. The summed E-state index contributed by atoms with van der Waals surface area (Å²) in [7, 11) is 1.59. The van der Waals surface area contributed by atoms with E-state index in [1.54, 1.807) is 19.2 Å². The van der Waals surface area contributed by atoms with Crippen molar-refractivity contribution in [3.63, 3.8) is 0 Å². The summed E-state index contributed by atoms with van der Waals surface area (Å²) in [4.78, 5) is 0. The van der Waals surface area contributed by atoms with Gasteiger partial charge in [-0.15, -0.1) is 5.10 Å². The number of aromatic amines is 1. The Hall–Kier alpha value is -2.03. The van der Waals surface area contributed by atoms with Gasteiger partial charge in [0.05, 0.1) is 21.6 Å². The van der Waals surface area contributed by atoms with Gasteiger partial charge >= 0.3 is 0 Å². The third-order valence-corrected chi connectivity index (χ3v) is 4.78. The molecule has 0 unspecified atom stereocenters. The molecule has 10 heteroatoms. The normalized spacial score (nSPS) is 10.6. The molecule has 0 atom stereocenters. The van der Waals surface area contributed by atoms with Crippen molar-refractivity contribution < 1.29 is 9.47 Å². The first-order valence-corrected chi connectivity index (χ1v) is 9.02. The average molecular weight is 459 g/mol. The highest BCUT2D eigenvalue weighted by molar-refractivity contribution is 9.10. The van der Waals surface area contributed by atoms with Crippen molar-refractivity contribution in [3.05, 3.63) is 56.0 Å². The topological polar surface area (TPSA) is 85.0 Å². The number of tetrazole rings is 1. The molecular weight excluding hydrogens is 445 g/mol.